The molecule has 132 valence electrons. The first kappa shape index (κ1) is 16.6. The van der Waals surface area contributed by atoms with Crippen molar-refractivity contribution in [3.63, 3.8) is 0 Å². The predicted molar refractivity (Wildman–Crippen MR) is 93.6 cm³/mol. The molecule has 0 spiro atoms. The summed E-state index contributed by atoms with van der Waals surface area (Å²) >= 11 is 6.20. The number of carbonyl (C=O) groups is 1. The number of nitrogens with one attached hydrogen (secondary N) is 1. The van der Waals surface area contributed by atoms with Gasteiger partial charge in [0.15, 0.2) is 17.8 Å². The van der Waals surface area contributed by atoms with Crippen molar-refractivity contribution in [3.8, 4) is 11.3 Å². The number of nitrogens with zero attached hydrogens (tertiary/aromatic N) is 2. The molecule has 0 bridgehead atoms. The molecule has 25 heavy (non-hydrogen) atoms. The van der Waals surface area contributed by atoms with E-state index in [9.17, 15) is 4.79 Å². The highest BCUT2D eigenvalue weighted by molar-refractivity contribution is 6.33. The molecule has 2 fully saturated rings. The van der Waals surface area contributed by atoms with E-state index in [-0.39, 0.29) is 17.7 Å². The van der Waals surface area contributed by atoms with E-state index in [0.29, 0.717) is 35.5 Å². The number of aromatic nitrogens is 1. The summed E-state index contributed by atoms with van der Waals surface area (Å²) < 4.78 is 11.2. The first-order valence-corrected chi connectivity index (χ1v) is 8.92. The lowest BCUT2D eigenvalue weighted by molar-refractivity contribution is -0.0293. The van der Waals surface area contributed by atoms with E-state index in [1.807, 2.05) is 12.1 Å². The van der Waals surface area contributed by atoms with Gasteiger partial charge in [-0.2, -0.15) is 0 Å². The summed E-state index contributed by atoms with van der Waals surface area (Å²) in [5.41, 5.74) is 0.892. The van der Waals surface area contributed by atoms with E-state index in [4.69, 9.17) is 20.8 Å². The van der Waals surface area contributed by atoms with Crippen LogP contribution in [0.25, 0.3) is 11.3 Å². The average molecular weight is 362 g/mol. The highest BCUT2D eigenvalue weighted by atomic mass is 35.5. The van der Waals surface area contributed by atoms with Gasteiger partial charge in [0.25, 0.3) is 5.91 Å². The van der Waals surface area contributed by atoms with Crippen LogP contribution in [0.3, 0.4) is 0 Å². The van der Waals surface area contributed by atoms with Gasteiger partial charge in [0.05, 0.1) is 17.7 Å². The number of oxazole rings is 1. The number of carbonyl (C=O) groups excluding carboxylic acids is 1. The average Bonchev–Trinajstić information content (AvgIpc) is 3.38. The molecular formula is C18H20ClN3O3. The van der Waals surface area contributed by atoms with Gasteiger partial charge >= 0.3 is 0 Å². The van der Waals surface area contributed by atoms with Gasteiger partial charge in [-0.05, 0) is 25.0 Å². The number of amides is 1. The summed E-state index contributed by atoms with van der Waals surface area (Å²) in [7, 11) is 0. The Morgan fingerprint density at radius 3 is 3.00 bits per heavy atom. The summed E-state index contributed by atoms with van der Waals surface area (Å²) in [5.74, 6) is 0.100. The Labute approximate surface area is 151 Å². The Bertz CT molecular complexity index is 760. The number of ether oxygens (including phenoxy) is 1. The molecule has 6 nitrogen and oxygen atoms in total. The second-order valence-corrected chi connectivity index (χ2v) is 6.85. The summed E-state index contributed by atoms with van der Waals surface area (Å²) in [6.45, 7) is 3.01. The molecular weight excluding hydrogens is 342 g/mol. The third-order valence-electron chi connectivity index (χ3n) is 4.62. The summed E-state index contributed by atoms with van der Waals surface area (Å²) in [6, 6.07) is 7.94. The fourth-order valence-corrected chi connectivity index (χ4v) is 3.39. The molecule has 1 aliphatic carbocycles. The van der Waals surface area contributed by atoms with Crippen LogP contribution in [0.15, 0.2) is 35.1 Å². The van der Waals surface area contributed by atoms with E-state index < -0.39 is 0 Å². The van der Waals surface area contributed by atoms with Gasteiger partial charge in [-0.25, -0.2) is 4.98 Å². The third-order valence-corrected chi connectivity index (χ3v) is 4.95. The van der Waals surface area contributed by atoms with Crippen molar-refractivity contribution < 1.29 is 13.9 Å². The topological polar surface area (TPSA) is 67.6 Å². The number of halogens is 1. The molecule has 7 heteroatoms. The predicted octanol–water partition coefficient (Wildman–Crippen LogP) is 2.59. The molecule has 1 aromatic heterocycles. The molecule has 4 rings (SSSR count). The van der Waals surface area contributed by atoms with Crippen molar-refractivity contribution in [1.82, 2.24) is 15.2 Å². The van der Waals surface area contributed by atoms with E-state index in [0.717, 1.165) is 13.1 Å². The van der Waals surface area contributed by atoms with Crippen LogP contribution in [-0.4, -0.2) is 54.2 Å². The summed E-state index contributed by atoms with van der Waals surface area (Å²) in [4.78, 5) is 19.0. The molecule has 2 aromatic rings. The fourth-order valence-electron chi connectivity index (χ4n) is 3.17. The zero-order chi connectivity index (χ0) is 17.2. The molecule has 1 saturated heterocycles. The van der Waals surface area contributed by atoms with Gasteiger partial charge < -0.3 is 14.5 Å². The first-order valence-electron chi connectivity index (χ1n) is 8.54. The molecule has 1 aromatic carbocycles. The Hall–Kier alpha value is -1.89. The van der Waals surface area contributed by atoms with Gasteiger partial charge in [-0.15, -0.1) is 0 Å². The minimum absolute atomic E-state index is 0.00830. The van der Waals surface area contributed by atoms with Crippen LogP contribution in [0.4, 0.5) is 0 Å². The van der Waals surface area contributed by atoms with Crippen molar-refractivity contribution in [2.24, 2.45) is 0 Å². The Morgan fingerprint density at radius 2 is 2.20 bits per heavy atom. The number of hydrogen-bond acceptors (Lipinski definition) is 5. The quantitative estimate of drug-likeness (QED) is 0.886. The SMILES string of the molecule is O=C(NCC1CN(C2CC2)CCO1)c1ncoc1-c1ccccc1Cl. The Kier molecular flexibility index (Phi) is 4.74. The van der Waals surface area contributed by atoms with Crippen molar-refractivity contribution in [2.45, 2.75) is 25.0 Å². The van der Waals surface area contributed by atoms with Crippen LogP contribution < -0.4 is 5.32 Å². The van der Waals surface area contributed by atoms with Crippen LogP contribution in [0.1, 0.15) is 23.3 Å². The zero-order valence-corrected chi connectivity index (χ0v) is 14.5. The molecule has 1 N–H and O–H groups in total. The third kappa shape index (κ3) is 3.71. The number of morpholine rings is 1. The van der Waals surface area contributed by atoms with Crippen molar-refractivity contribution in [3.05, 3.63) is 41.4 Å². The molecule has 1 amide bonds. The Balaban J connectivity index is 1.40. The van der Waals surface area contributed by atoms with Crippen molar-refractivity contribution in [1.29, 1.82) is 0 Å². The molecule has 2 heterocycles. The molecule has 0 radical (unpaired) electrons. The van der Waals surface area contributed by atoms with E-state index in [1.54, 1.807) is 12.1 Å². The second-order valence-electron chi connectivity index (χ2n) is 6.44. The maximum atomic E-state index is 12.5. The highest BCUT2D eigenvalue weighted by Gasteiger charge is 2.33. The lowest BCUT2D eigenvalue weighted by atomic mass is 10.1. The van der Waals surface area contributed by atoms with Crippen molar-refractivity contribution >= 4 is 17.5 Å². The van der Waals surface area contributed by atoms with Gasteiger partial charge in [-0.1, -0.05) is 23.7 Å². The van der Waals surface area contributed by atoms with E-state index in [1.165, 1.54) is 19.2 Å². The number of rotatable bonds is 5. The molecule has 1 unspecified atom stereocenters. The van der Waals surface area contributed by atoms with Crippen LogP contribution in [0, 0.1) is 0 Å². The van der Waals surface area contributed by atoms with Gasteiger partial charge in [0.2, 0.25) is 0 Å². The normalized spacial score (nSPS) is 21.2. The lowest BCUT2D eigenvalue weighted by Crippen LogP contribution is -2.48. The van der Waals surface area contributed by atoms with Gasteiger partial charge in [0, 0.05) is 31.2 Å². The smallest absolute Gasteiger partial charge is 0.274 e. The number of hydrogen-bond donors (Lipinski definition) is 1. The van der Waals surface area contributed by atoms with E-state index in [2.05, 4.69) is 15.2 Å². The first-order chi connectivity index (χ1) is 12.2. The largest absolute Gasteiger partial charge is 0.443 e. The monoisotopic (exact) mass is 361 g/mol. The van der Waals surface area contributed by atoms with Gasteiger partial charge in [0.1, 0.15) is 0 Å². The molecule has 1 atom stereocenters. The molecule has 2 aliphatic rings. The van der Waals surface area contributed by atoms with Crippen LogP contribution in [0.5, 0.6) is 0 Å². The lowest BCUT2D eigenvalue weighted by Gasteiger charge is -2.33. The van der Waals surface area contributed by atoms with Crippen molar-refractivity contribution in [2.75, 3.05) is 26.2 Å². The summed E-state index contributed by atoms with van der Waals surface area (Å²) in [5, 5.41) is 3.43. The van der Waals surface area contributed by atoms with Crippen LogP contribution in [-0.2, 0) is 4.74 Å². The van der Waals surface area contributed by atoms with Crippen LogP contribution in [0.2, 0.25) is 5.02 Å². The minimum Gasteiger partial charge on any atom is -0.443 e. The summed E-state index contributed by atoms with van der Waals surface area (Å²) in [6.07, 6.45) is 3.83. The standard InChI is InChI=1S/C18H20ClN3O3/c19-15-4-2-1-3-14(15)17-16(21-11-25-17)18(23)20-9-13-10-22(7-8-24-13)12-5-6-12/h1-4,11-13H,5-10H2,(H,20,23). The molecule has 1 saturated carbocycles. The number of benzene rings is 1. The minimum atomic E-state index is -0.282. The highest BCUT2D eigenvalue weighted by Crippen LogP contribution is 2.30. The molecule has 1 aliphatic heterocycles. The van der Waals surface area contributed by atoms with Crippen LogP contribution >= 0.6 is 11.6 Å². The maximum absolute atomic E-state index is 12.5. The zero-order valence-electron chi connectivity index (χ0n) is 13.8. The Morgan fingerprint density at radius 1 is 1.36 bits per heavy atom. The van der Waals surface area contributed by atoms with E-state index >= 15 is 0 Å². The van der Waals surface area contributed by atoms with Gasteiger partial charge in [-0.3, -0.25) is 9.69 Å². The fraction of sp³-hybridized carbons (Fsp3) is 0.444. The second kappa shape index (κ2) is 7.15. The maximum Gasteiger partial charge on any atom is 0.274 e.